The molecule has 1 aliphatic heterocycles. The molecule has 5 rings (SSSR count). The van der Waals surface area contributed by atoms with Gasteiger partial charge in [0, 0.05) is 24.9 Å². The number of hydrogen-bond acceptors (Lipinski definition) is 7. The molecule has 3 aromatic rings. The van der Waals surface area contributed by atoms with Gasteiger partial charge in [-0.2, -0.15) is 41.3 Å². The minimum atomic E-state index is -4.61. The first-order chi connectivity index (χ1) is 17.6. The van der Waals surface area contributed by atoms with Gasteiger partial charge in [-0.1, -0.05) is 17.5 Å². The van der Waals surface area contributed by atoms with E-state index in [9.17, 15) is 26.3 Å². The second-order valence-corrected chi connectivity index (χ2v) is 8.01. The van der Waals surface area contributed by atoms with Crippen LogP contribution in [0.25, 0.3) is 11.2 Å². The molecule has 37 heavy (non-hydrogen) atoms. The molecule has 1 saturated heterocycles. The topological polar surface area (TPSA) is 91.0 Å². The highest BCUT2D eigenvalue weighted by Gasteiger charge is 2.33. The summed E-state index contributed by atoms with van der Waals surface area (Å²) < 4.78 is 83.9. The number of aromatic nitrogens is 4. The second-order valence-electron chi connectivity index (χ2n) is 8.01. The van der Waals surface area contributed by atoms with E-state index in [4.69, 9.17) is 4.74 Å². The van der Waals surface area contributed by atoms with Gasteiger partial charge in [-0.15, -0.1) is 0 Å². The van der Waals surface area contributed by atoms with Crippen molar-refractivity contribution in [2.24, 2.45) is 0 Å². The zero-order chi connectivity index (χ0) is 26.2. The Balaban J connectivity index is 1.50. The SMILES string of the molecule is FC(F)(F)C1=C=C=CC(Nc2nc(N3CCOCC3)c3[nH]c(Nc4cccc(C(F)(F)F)c4)nc3n2)=C1. The van der Waals surface area contributed by atoms with Gasteiger partial charge in [0.05, 0.1) is 24.5 Å². The predicted octanol–water partition coefficient (Wildman–Crippen LogP) is 5.06. The van der Waals surface area contributed by atoms with Crippen molar-refractivity contribution in [2.45, 2.75) is 12.4 Å². The first kappa shape index (κ1) is 24.4. The highest BCUT2D eigenvalue weighted by Crippen LogP contribution is 2.33. The van der Waals surface area contributed by atoms with E-state index in [0.717, 1.165) is 18.2 Å². The summed E-state index contributed by atoms with van der Waals surface area (Å²) in [5, 5.41) is 5.54. The number of benzene rings is 1. The fourth-order valence-electron chi connectivity index (χ4n) is 3.69. The Hall–Kier alpha value is -4.25. The highest BCUT2D eigenvalue weighted by atomic mass is 19.4. The fourth-order valence-corrected chi connectivity index (χ4v) is 3.69. The molecule has 0 radical (unpaired) electrons. The van der Waals surface area contributed by atoms with E-state index >= 15 is 0 Å². The Bertz CT molecular complexity index is 1470. The number of rotatable bonds is 5. The molecule has 0 unspecified atom stereocenters. The molecular weight excluding hydrogens is 504 g/mol. The van der Waals surface area contributed by atoms with Gasteiger partial charge in [-0.05, 0) is 24.3 Å². The van der Waals surface area contributed by atoms with Crippen LogP contribution in [-0.4, -0.2) is 52.4 Å². The number of fused-ring (bicyclic) bond motifs is 1. The summed E-state index contributed by atoms with van der Waals surface area (Å²) in [4.78, 5) is 18.0. The van der Waals surface area contributed by atoms with Crippen molar-refractivity contribution in [1.82, 2.24) is 19.9 Å². The molecule has 2 aromatic heterocycles. The number of nitrogens with one attached hydrogen (secondary N) is 3. The number of imidazole rings is 1. The number of H-pyrrole nitrogens is 1. The lowest BCUT2D eigenvalue weighted by molar-refractivity contribution is -0.137. The number of halogens is 6. The maximum atomic E-state index is 13.1. The Labute approximate surface area is 205 Å². The van der Waals surface area contributed by atoms with Crippen LogP contribution in [0.4, 0.5) is 49.7 Å². The lowest BCUT2D eigenvalue weighted by Gasteiger charge is -2.28. The molecule has 0 bridgehead atoms. The highest BCUT2D eigenvalue weighted by molar-refractivity contribution is 5.87. The van der Waals surface area contributed by atoms with Gasteiger partial charge >= 0.3 is 12.4 Å². The van der Waals surface area contributed by atoms with Gasteiger partial charge in [0.15, 0.2) is 11.5 Å². The summed E-state index contributed by atoms with van der Waals surface area (Å²) >= 11 is 0. The Morgan fingerprint density at radius 1 is 0.973 bits per heavy atom. The molecule has 3 N–H and O–H groups in total. The third-order valence-corrected chi connectivity index (χ3v) is 5.39. The van der Waals surface area contributed by atoms with Crippen molar-refractivity contribution in [2.75, 3.05) is 41.8 Å². The molecule has 0 spiro atoms. The van der Waals surface area contributed by atoms with Gasteiger partial charge < -0.3 is 25.3 Å². The average Bonchev–Trinajstić information content (AvgIpc) is 3.25. The van der Waals surface area contributed by atoms with Gasteiger partial charge in [-0.25, -0.2) is 0 Å². The molecule has 3 heterocycles. The van der Waals surface area contributed by atoms with Crippen molar-refractivity contribution >= 4 is 34.6 Å². The van der Waals surface area contributed by atoms with E-state index in [1.807, 2.05) is 10.6 Å². The van der Waals surface area contributed by atoms with Crippen LogP contribution >= 0.6 is 0 Å². The zero-order valence-electron chi connectivity index (χ0n) is 18.8. The predicted molar refractivity (Wildman–Crippen MR) is 122 cm³/mol. The van der Waals surface area contributed by atoms with E-state index in [-0.39, 0.29) is 28.9 Å². The van der Waals surface area contributed by atoms with E-state index in [2.05, 4.69) is 36.3 Å². The number of alkyl halides is 6. The number of allylic oxidation sites excluding steroid dienone is 3. The van der Waals surface area contributed by atoms with Crippen molar-refractivity contribution in [3.05, 3.63) is 64.7 Å². The Kier molecular flexibility index (Phi) is 6.16. The molecule has 1 fully saturated rings. The quantitative estimate of drug-likeness (QED) is 0.320. The summed E-state index contributed by atoms with van der Waals surface area (Å²) in [5.41, 5.74) is 3.21. The van der Waals surface area contributed by atoms with E-state index in [1.165, 1.54) is 18.2 Å². The number of anilines is 4. The molecule has 0 saturated carbocycles. The lowest BCUT2D eigenvalue weighted by atomic mass is 10.2. The number of ether oxygens (including phenoxy) is 1. The first-order valence-corrected chi connectivity index (χ1v) is 10.9. The van der Waals surface area contributed by atoms with E-state index in [0.29, 0.717) is 37.6 Å². The van der Waals surface area contributed by atoms with Gasteiger partial charge in [0.25, 0.3) is 0 Å². The molecule has 1 aromatic carbocycles. The first-order valence-electron chi connectivity index (χ1n) is 10.9. The van der Waals surface area contributed by atoms with Crippen LogP contribution < -0.4 is 15.5 Å². The summed E-state index contributed by atoms with van der Waals surface area (Å²) in [6.07, 6.45) is -7.00. The summed E-state index contributed by atoms with van der Waals surface area (Å²) in [6, 6.07) is 4.60. The molecule has 192 valence electrons. The molecule has 8 nitrogen and oxygen atoms in total. The average molecular weight is 521 g/mol. The van der Waals surface area contributed by atoms with Crippen LogP contribution in [0.5, 0.6) is 0 Å². The Morgan fingerprint density at radius 3 is 2.49 bits per heavy atom. The molecule has 2 aliphatic rings. The maximum absolute atomic E-state index is 13.1. The van der Waals surface area contributed by atoms with Gasteiger partial charge in [0.1, 0.15) is 11.1 Å². The van der Waals surface area contributed by atoms with Gasteiger partial charge in [0.2, 0.25) is 11.9 Å². The number of morpholine rings is 1. The minimum absolute atomic E-state index is 0.0289. The van der Waals surface area contributed by atoms with Crippen LogP contribution in [-0.2, 0) is 10.9 Å². The fraction of sp³-hybridized carbons (Fsp3) is 0.261. The van der Waals surface area contributed by atoms with Crippen molar-refractivity contribution < 1.29 is 31.1 Å². The van der Waals surface area contributed by atoms with Crippen molar-refractivity contribution in [3.8, 4) is 0 Å². The molecular formula is C23H17F6N7O. The van der Waals surface area contributed by atoms with Crippen LogP contribution in [0.1, 0.15) is 5.56 Å². The number of hydrogen-bond donors (Lipinski definition) is 3. The van der Waals surface area contributed by atoms with Crippen LogP contribution in [0.15, 0.2) is 59.2 Å². The zero-order valence-corrected chi connectivity index (χ0v) is 18.8. The van der Waals surface area contributed by atoms with E-state index in [1.54, 1.807) is 0 Å². The van der Waals surface area contributed by atoms with Crippen LogP contribution in [0.2, 0.25) is 0 Å². The summed E-state index contributed by atoms with van der Waals surface area (Å²) in [6.45, 7) is 1.81. The largest absolute Gasteiger partial charge is 0.424 e. The number of nitrogens with zero attached hydrogens (tertiary/aromatic N) is 4. The standard InChI is InChI=1S/C23H17F6N7O/c24-22(25,26)13-3-1-5-15(11-13)30-20-32-17-18(33-20)34-21(35-19(17)36-7-9-37-10-8-36)31-16-6-2-4-14(12-16)23(27,28)29/h1,3,5-6,11-12H,7-10H2,(H3,30,31,32,33,34,35). The molecule has 0 atom stereocenters. The maximum Gasteiger partial charge on any atom is 0.424 e. The van der Waals surface area contributed by atoms with Crippen LogP contribution in [0.3, 0.4) is 0 Å². The smallest absolute Gasteiger partial charge is 0.378 e. The summed E-state index contributed by atoms with van der Waals surface area (Å²) in [7, 11) is 0. The van der Waals surface area contributed by atoms with Crippen molar-refractivity contribution in [3.63, 3.8) is 0 Å². The monoisotopic (exact) mass is 521 g/mol. The molecule has 14 heteroatoms. The minimum Gasteiger partial charge on any atom is -0.378 e. The Morgan fingerprint density at radius 2 is 1.76 bits per heavy atom. The second kappa shape index (κ2) is 9.32. The van der Waals surface area contributed by atoms with E-state index < -0.39 is 23.5 Å². The third-order valence-electron chi connectivity index (χ3n) is 5.39. The molecule has 1 aliphatic carbocycles. The normalized spacial score (nSPS) is 16.1. The lowest BCUT2D eigenvalue weighted by Crippen LogP contribution is -2.37. The van der Waals surface area contributed by atoms with Crippen molar-refractivity contribution in [1.29, 1.82) is 0 Å². The molecule has 0 amide bonds. The number of aromatic amines is 1. The van der Waals surface area contributed by atoms with Gasteiger partial charge in [-0.3, -0.25) is 0 Å². The third kappa shape index (κ3) is 5.46. The van der Waals surface area contributed by atoms with Crippen LogP contribution in [0, 0.1) is 0 Å². The summed E-state index contributed by atoms with van der Waals surface area (Å²) in [5.74, 6) is 0.485.